The van der Waals surface area contributed by atoms with E-state index in [1.54, 1.807) is 7.05 Å². The lowest BCUT2D eigenvalue weighted by atomic mass is 9.78. The van der Waals surface area contributed by atoms with Crippen LogP contribution < -0.4 is 10.6 Å². The van der Waals surface area contributed by atoms with Crippen molar-refractivity contribution in [2.75, 3.05) is 13.6 Å². The van der Waals surface area contributed by atoms with Gasteiger partial charge >= 0.3 is 0 Å². The van der Waals surface area contributed by atoms with E-state index in [0.717, 1.165) is 30.5 Å². The predicted octanol–water partition coefficient (Wildman–Crippen LogP) is 3.34. The maximum absolute atomic E-state index is 5.89. The summed E-state index contributed by atoms with van der Waals surface area (Å²) in [5.74, 6) is 1.42. The van der Waals surface area contributed by atoms with Crippen LogP contribution in [0.15, 0.2) is 53.5 Å². The van der Waals surface area contributed by atoms with Gasteiger partial charge in [0.1, 0.15) is 0 Å². The third-order valence-electron chi connectivity index (χ3n) is 4.07. The van der Waals surface area contributed by atoms with Crippen LogP contribution in [-0.2, 0) is 13.0 Å². The molecule has 114 valence electrons. The van der Waals surface area contributed by atoms with Crippen LogP contribution in [0.25, 0.3) is 0 Å². The number of hydrogen-bond donors (Lipinski definition) is 2. The van der Waals surface area contributed by atoms with Crippen molar-refractivity contribution in [3.05, 3.63) is 70.2 Å². The molecule has 2 N–H and O–H groups in total. The van der Waals surface area contributed by atoms with Gasteiger partial charge in [0, 0.05) is 31.1 Å². The van der Waals surface area contributed by atoms with Crippen LogP contribution in [0.3, 0.4) is 0 Å². The molecule has 3 nitrogen and oxygen atoms in total. The highest BCUT2D eigenvalue weighted by Gasteiger charge is 2.25. The largest absolute Gasteiger partial charge is 0.356 e. The van der Waals surface area contributed by atoms with E-state index in [9.17, 15) is 0 Å². The van der Waals surface area contributed by atoms with Crippen molar-refractivity contribution in [3.8, 4) is 0 Å². The topological polar surface area (TPSA) is 36.4 Å². The third-order valence-corrected chi connectivity index (χ3v) is 4.33. The third kappa shape index (κ3) is 3.42. The molecule has 0 spiro atoms. The van der Waals surface area contributed by atoms with Crippen LogP contribution in [0, 0.1) is 0 Å². The summed E-state index contributed by atoms with van der Waals surface area (Å²) >= 11 is 5.89. The Kier molecular flexibility index (Phi) is 4.64. The van der Waals surface area contributed by atoms with E-state index in [-0.39, 0.29) is 0 Å². The highest BCUT2D eigenvalue weighted by Crippen LogP contribution is 2.33. The molecule has 4 heteroatoms. The number of nitrogens with one attached hydrogen (secondary N) is 2. The first-order chi connectivity index (χ1) is 10.8. The molecule has 0 saturated carbocycles. The SMILES string of the molecule is CN=C(NCc1ccc(Cl)cc1)NCC1Cc2ccccc21. The van der Waals surface area contributed by atoms with Gasteiger partial charge < -0.3 is 10.6 Å². The van der Waals surface area contributed by atoms with E-state index in [2.05, 4.69) is 39.9 Å². The fourth-order valence-electron chi connectivity index (χ4n) is 2.77. The van der Waals surface area contributed by atoms with Crippen LogP contribution in [0.4, 0.5) is 0 Å². The molecule has 22 heavy (non-hydrogen) atoms. The van der Waals surface area contributed by atoms with Gasteiger partial charge in [-0.3, -0.25) is 4.99 Å². The molecule has 1 aliphatic carbocycles. The molecule has 1 unspecified atom stereocenters. The number of rotatable bonds is 4. The molecule has 0 radical (unpaired) electrons. The molecule has 2 aromatic carbocycles. The van der Waals surface area contributed by atoms with Gasteiger partial charge in [-0.25, -0.2) is 0 Å². The first kappa shape index (κ1) is 14.9. The zero-order chi connectivity index (χ0) is 15.4. The van der Waals surface area contributed by atoms with E-state index in [1.807, 2.05) is 24.3 Å². The minimum absolute atomic E-state index is 0.588. The smallest absolute Gasteiger partial charge is 0.191 e. The van der Waals surface area contributed by atoms with Crippen LogP contribution in [-0.4, -0.2) is 19.6 Å². The van der Waals surface area contributed by atoms with Gasteiger partial charge in [0.2, 0.25) is 0 Å². The summed E-state index contributed by atoms with van der Waals surface area (Å²) in [5.41, 5.74) is 4.11. The van der Waals surface area contributed by atoms with Gasteiger partial charge in [-0.15, -0.1) is 0 Å². The first-order valence-electron chi connectivity index (χ1n) is 7.53. The molecule has 1 aliphatic rings. The predicted molar refractivity (Wildman–Crippen MR) is 92.5 cm³/mol. The second-order valence-corrected chi connectivity index (χ2v) is 5.97. The average molecular weight is 314 g/mol. The summed E-state index contributed by atoms with van der Waals surface area (Å²) in [6.07, 6.45) is 1.15. The van der Waals surface area contributed by atoms with Crippen molar-refractivity contribution in [2.24, 2.45) is 4.99 Å². The number of halogens is 1. The van der Waals surface area contributed by atoms with Crippen LogP contribution in [0.1, 0.15) is 22.6 Å². The molecule has 0 aromatic heterocycles. The molecule has 1 atom stereocenters. The van der Waals surface area contributed by atoms with Crippen LogP contribution in [0.5, 0.6) is 0 Å². The van der Waals surface area contributed by atoms with Crippen LogP contribution in [0.2, 0.25) is 5.02 Å². The number of fused-ring (bicyclic) bond motifs is 1. The molecular weight excluding hydrogens is 294 g/mol. The monoisotopic (exact) mass is 313 g/mol. The van der Waals surface area contributed by atoms with Crippen molar-refractivity contribution in [1.82, 2.24) is 10.6 Å². The van der Waals surface area contributed by atoms with Gasteiger partial charge in [-0.2, -0.15) is 0 Å². The second kappa shape index (κ2) is 6.84. The van der Waals surface area contributed by atoms with E-state index in [1.165, 1.54) is 16.7 Å². The molecule has 0 fully saturated rings. The Bertz CT molecular complexity index is 664. The molecule has 2 aromatic rings. The maximum atomic E-state index is 5.89. The Morgan fingerprint density at radius 1 is 1.14 bits per heavy atom. The van der Waals surface area contributed by atoms with E-state index in [0.29, 0.717) is 5.92 Å². The quantitative estimate of drug-likeness (QED) is 0.671. The Morgan fingerprint density at radius 3 is 2.64 bits per heavy atom. The average Bonchev–Trinajstić information content (AvgIpc) is 2.53. The molecular formula is C18H20ClN3. The summed E-state index contributed by atoms with van der Waals surface area (Å²) in [7, 11) is 1.80. The van der Waals surface area contributed by atoms with Crippen molar-refractivity contribution >= 4 is 17.6 Å². The van der Waals surface area contributed by atoms with E-state index < -0.39 is 0 Å². The lowest BCUT2D eigenvalue weighted by molar-refractivity contribution is 0.584. The van der Waals surface area contributed by atoms with Crippen molar-refractivity contribution in [1.29, 1.82) is 0 Å². The molecule has 3 rings (SSSR count). The zero-order valence-corrected chi connectivity index (χ0v) is 13.4. The molecule has 0 bridgehead atoms. The summed E-state index contributed by atoms with van der Waals surface area (Å²) in [5, 5.41) is 7.49. The maximum Gasteiger partial charge on any atom is 0.191 e. The minimum atomic E-state index is 0.588. The fraction of sp³-hybridized carbons (Fsp3) is 0.278. The van der Waals surface area contributed by atoms with Gasteiger partial charge in [-0.05, 0) is 35.2 Å². The minimum Gasteiger partial charge on any atom is -0.356 e. The highest BCUT2D eigenvalue weighted by atomic mass is 35.5. The van der Waals surface area contributed by atoms with Gasteiger partial charge in [0.05, 0.1) is 0 Å². The van der Waals surface area contributed by atoms with E-state index >= 15 is 0 Å². The zero-order valence-electron chi connectivity index (χ0n) is 12.6. The van der Waals surface area contributed by atoms with Crippen molar-refractivity contribution in [2.45, 2.75) is 18.9 Å². The second-order valence-electron chi connectivity index (χ2n) is 5.53. The van der Waals surface area contributed by atoms with Crippen LogP contribution >= 0.6 is 11.6 Å². The fourth-order valence-corrected chi connectivity index (χ4v) is 2.90. The summed E-state index contributed by atoms with van der Waals surface area (Å²) < 4.78 is 0. The Hall–Kier alpha value is -2.00. The normalized spacial score (nSPS) is 16.6. The Morgan fingerprint density at radius 2 is 1.91 bits per heavy atom. The van der Waals surface area contributed by atoms with Crippen molar-refractivity contribution < 1.29 is 0 Å². The summed E-state index contributed by atoms with van der Waals surface area (Å²) in [6.45, 7) is 1.65. The summed E-state index contributed by atoms with van der Waals surface area (Å²) in [4.78, 5) is 4.28. The molecule has 0 amide bonds. The Labute approximate surface area is 136 Å². The lowest BCUT2D eigenvalue weighted by Crippen LogP contribution is -2.40. The lowest BCUT2D eigenvalue weighted by Gasteiger charge is -2.30. The van der Waals surface area contributed by atoms with Gasteiger partial charge in [-0.1, -0.05) is 48.0 Å². The number of hydrogen-bond acceptors (Lipinski definition) is 1. The number of nitrogens with zero attached hydrogens (tertiary/aromatic N) is 1. The summed E-state index contributed by atoms with van der Waals surface area (Å²) in [6, 6.07) is 16.5. The first-order valence-corrected chi connectivity index (χ1v) is 7.91. The number of aliphatic imine (C=N–C) groups is 1. The Balaban J connectivity index is 1.48. The van der Waals surface area contributed by atoms with Crippen molar-refractivity contribution in [3.63, 3.8) is 0 Å². The molecule has 0 aliphatic heterocycles. The molecule has 0 saturated heterocycles. The van der Waals surface area contributed by atoms with Gasteiger partial charge in [0.15, 0.2) is 5.96 Å². The molecule has 0 heterocycles. The van der Waals surface area contributed by atoms with Gasteiger partial charge in [0.25, 0.3) is 0 Å². The standard InChI is InChI=1S/C18H20ClN3/c1-20-18(21-11-13-6-8-16(19)9-7-13)22-12-15-10-14-4-2-3-5-17(14)15/h2-9,15H,10-12H2,1H3,(H2,20,21,22). The highest BCUT2D eigenvalue weighted by molar-refractivity contribution is 6.30. The number of benzene rings is 2. The van der Waals surface area contributed by atoms with E-state index in [4.69, 9.17) is 11.6 Å². The number of guanidine groups is 1.